The third kappa shape index (κ3) is 5.25. The highest BCUT2D eigenvalue weighted by Crippen LogP contribution is 2.20. The fraction of sp³-hybridized carbons (Fsp3) is 0.176. The number of para-hydroxylation sites is 1. The second-order valence-electron chi connectivity index (χ2n) is 5.69. The second kappa shape index (κ2) is 8.34. The Kier molecular flexibility index (Phi) is 6.10. The van der Waals surface area contributed by atoms with E-state index < -0.39 is 10.1 Å². The lowest BCUT2D eigenvalue weighted by molar-refractivity contribution is 0.474. The van der Waals surface area contributed by atoms with Gasteiger partial charge in [-0.15, -0.1) is 5.10 Å². The van der Waals surface area contributed by atoms with Gasteiger partial charge in [0.1, 0.15) is 5.75 Å². The molecule has 1 heterocycles. The van der Waals surface area contributed by atoms with E-state index in [2.05, 4.69) is 26.1 Å². The normalized spacial score (nSPS) is 13.0. The molecule has 0 bridgehead atoms. The van der Waals surface area contributed by atoms with Crippen molar-refractivity contribution in [3.63, 3.8) is 0 Å². The van der Waals surface area contributed by atoms with Gasteiger partial charge in [-0.1, -0.05) is 39.4 Å². The van der Waals surface area contributed by atoms with Crippen LogP contribution in [0.2, 0.25) is 0 Å². The molecule has 1 aromatic heterocycles. The summed E-state index contributed by atoms with van der Waals surface area (Å²) in [5.74, 6) is -0.228. The zero-order chi connectivity index (χ0) is 19.4. The summed E-state index contributed by atoms with van der Waals surface area (Å²) in [5.41, 5.74) is 1.43. The van der Waals surface area contributed by atoms with Crippen molar-refractivity contribution in [1.82, 2.24) is 4.57 Å². The lowest BCUT2D eigenvalue weighted by atomic mass is 10.2. The minimum atomic E-state index is -4.01. The third-order valence-corrected chi connectivity index (χ3v) is 6.05. The average molecular weight is 470 g/mol. The number of rotatable bonds is 6. The zero-order valence-electron chi connectivity index (χ0n) is 14.0. The number of halogens is 1. The van der Waals surface area contributed by atoms with Crippen molar-refractivity contribution < 1.29 is 18.1 Å². The summed E-state index contributed by atoms with van der Waals surface area (Å²) >= 11 is 4.76. The number of nitrogens with zero attached hydrogens (tertiary/aromatic N) is 3. The minimum Gasteiger partial charge on any atom is -0.507 e. The van der Waals surface area contributed by atoms with Gasteiger partial charge in [-0.25, -0.2) is 0 Å². The SMILES string of the molecule is O=S(=O)(O)CCCn1/c(=N/N=C/c2cc(Br)ccc2O)sc2ccccc21. The molecule has 0 aliphatic heterocycles. The molecule has 0 fully saturated rings. The molecule has 27 heavy (non-hydrogen) atoms. The van der Waals surface area contributed by atoms with E-state index in [-0.39, 0.29) is 17.9 Å². The first-order valence-electron chi connectivity index (χ1n) is 7.92. The molecule has 10 heteroatoms. The number of thiazole rings is 1. The number of hydrogen-bond donors (Lipinski definition) is 2. The van der Waals surface area contributed by atoms with Crippen molar-refractivity contribution in [3.05, 3.63) is 57.3 Å². The van der Waals surface area contributed by atoms with Crippen molar-refractivity contribution in [2.45, 2.75) is 13.0 Å². The van der Waals surface area contributed by atoms with Gasteiger partial charge >= 0.3 is 0 Å². The van der Waals surface area contributed by atoms with E-state index in [4.69, 9.17) is 4.55 Å². The number of aromatic hydroxyl groups is 1. The Balaban J connectivity index is 1.95. The molecule has 0 radical (unpaired) electrons. The number of benzene rings is 2. The largest absolute Gasteiger partial charge is 0.507 e. The summed E-state index contributed by atoms with van der Waals surface area (Å²) in [7, 11) is -4.01. The van der Waals surface area contributed by atoms with Gasteiger partial charge in [-0.05, 0) is 36.8 Å². The topological polar surface area (TPSA) is 104 Å². The molecular weight excluding hydrogens is 454 g/mol. The predicted octanol–water partition coefficient (Wildman–Crippen LogP) is 3.38. The maximum atomic E-state index is 11.0. The van der Waals surface area contributed by atoms with E-state index in [1.807, 2.05) is 28.8 Å². The average Bonchev–Trinajstić information content (AvgIpc) is 2.95. The van der Waals surface area contributed by atoms with Crippen LogP contribution in [0, 0.1) is 0 Å². The molecule has 0 saturated carbocycles. The van der Waals surface area contributed by atoms with Gasteiger partial charge in [0.05, 0.1) is 22.2 Å². The first kappa shape index (κ1) is 19.7. The fourth-order valence-corrected chi connectivity index (χ4v) is 4.37. The van der Waals surface area contributed by atoms with E-state index in [0.717, 1.165) is 14.7 Å². The minimum absolute atomic E-state index is 0.0921. The Labute approximate surface area is 168 Å². The van der Waals surface area contributed by atoms with Crippen LogP contribution in [0.15, 0.2) is 57.1 Å². The summed E-state index contributed by atoms with van der Waals surface area (Å²) in [6.07, 6.45) is 1.70. The molecule has 0 saturated heterocycles. The van der Waals surface area contributed by atoms with Crippen LogP contribution < -0.4 is 4.80 Å². The van der Waals surface area contributed by atoms with Gasteiger partial charge in [0.15, 0.2) is 0 Å². The van der Waals surface area contributed by atoms with Crippen LogP contribution in [0.3, 0.4) is 0 Å². The molecule has 0 aliphatic carbocycles. The van der Waals surface area contributed by atoms with Crippen LogP contribution in [0.25, 0.3) is 10.2 Å². The standard InChI is InChI=1S/C17H16BrN3O4S2/c18-13-6-7-15(22)12(10-13)11-19-20-17-21(8-3-9-27(23,24)25)14-4-1-2-5-16(14)26-17/h1-2,4-7,10-11,22H,3,8-9H2,(H,23,24,25)/b19-11+,20-17-. The molecule has 3 rings (SSSR count). The lowest BCUT2D eigenvalue weighted by Gasteiger charge is -2.03. The van der Waals surface area contributed by atoms with Crippen LogP contribution in [-0.2, 0) is 16.7 Å². The maximum Gasteiger partial charge on any atom is 0.264 e. The third-order valence-electron chi connectivity index (χ3n) is 3.70. The van der Waals surface area contributed by atoms with Crippen molar-refractivity contribution in [2.75, 3.05) is 5.75 Å². The molecule has 2 N–H and O–H groups in total. The first-order chi connectivity index (χ1) is 12.8. The Morgan fingerprint density at radius 3 is 2.78 bits per heavy atom. The van der Waals surface area contributed by atoms with E-state index in [9.17, 15) is 13.5 Å². The molecule has 7 nitrogen and oxygen atoms in total. The highest BCUT2D eigenvalue weighted by Gasteiger charge is 2.08. The van der Waals surface area contributed by atoms with Crippen LogP contribution in [0.5, 0.6) is 5.75 Å². The monoisotopic (exact) mass is 469 g/mol. The highest BCUT2D eigenvalue weighted by atomic mass is 79.9. The number of hydrogen-bond acceptors (Lipinski definition) is 6. The molecule has 0 aliphatic rings. The first-order valence-corrected chi connectivity index (χ1v) is 11.1. The summed E-state index contributed by atoms with van der Waals surface area (Å²) in [4.78, 5) is 0.595. The molecule has 0 atom stereocenters. The summed E-state index contributed by atoms with van der Waals surface area (Å²) in [5, 5.41) is 18.2. The fourth-order valence-electron chi connectivity index (χ4n) is 2.49. The molecule has 0 amide bonds. The van der Waals surface area contributed by atoms with Crippen LogP contribution >= 0.6 is 27.3 Å². The summed E-state index contributed by atoms with van der Waals surface area (Å²) < 4.78 is 34.5. The van der Waals surface area contributed by atoms with Gasteiger partial charge in [0.25, 0.3) is 10.1 Å². The Morgan fingerprint density at radius 2 is 2.00 bits per heavy atom. The van der Waals surface area contributed by atoms with Crippen molar-refractivity contribution in [3.8, 4) is 5.75 Å². The van der Waals surface area contributed by atoms with Crippen LogP contribution in [0.1, 0.15) is 12.0 Å². The Hall–Kier alpha value is -2.01. The number of phenols is 1. The Bertz CT molecular complexity index is 1170. The number of fused-ring (bicyclic) bond motifs is 1. The molecule has 2 aromatic carbocycles. The summed E-state index contributed by atoms with van der Waals surface area (Å²) in [6, 6.07) is 12.7. The highest BCUT2D eigenvalue weighted by molar-refractivity contribution is 9.10. The van der Waals surface area contributed by atoms with Gasteiger partial charge < -0.3 is 9.67 Å². The molecular formula is C17H16BrN3O4S2. The molecule has 142 valence electrons. The number of aryl methyl sites for hydroxylation is 1. The van der Waals surface area contributed by atoms with E-state index >= 15 is 0 Å². The van der Waals surface area contributed by atoms with Gasteiger partial charge in [-0.2, -0.15) is 13.5 Å². The maximum absolute atomic E-state index is 11.0. The smallest absolute Gasteiger partial charge is 0.264 e. The molecule has 0 unspecified atom stereocenters. The Morgan fingerprint density at radius 1 is 1.22 bits per heavy atom. The molecule has 3 aromatic rings. The quantitative estimate of drug-likeness (QED) is 0.327. The number of aromatic nitrogens is 1. The second-order valence-corrected chi connectivity index (χ2v) is 9.19. The van der Waals surface area contributed by atoms with Crippen LogP contribution in [-0.4, -0.2) is 34.6 Å². The van der Waals surface area contributed by atoms with Gasteiger partial charge in [0.2, 0.25) is 4.80 Å². The van der Waals surface area contributed by atoms with Crippen LogP contribution in [0.4, 0.5) is 0 Å². The van der Waals surface area contributed by atoms with E-state index in [0.29, 0.717) is 16.9 Å². The predicted molar refractivity (Wildman–Crippen MR) is 110 cm³/mol. The molecule has 0 spiro atoms. The summed E-state index contributed by atoms with van der Waals surface area (Å²) in [6.45, 7) is 0.375. The van der Waals surface area contributed by atoms with Gasteiger partial charge in [-0.3, -0.25) is 4.55 Å². The van der Waals surface area contributed by atoms with Crippen molar-refractivity contribution in [1.29, 1.82) is 0 Å². The van der Waals surface area contributed by atoms with Gasteiger partial charge in [0, 0.05) is 16.6 Å². The van der Waals surface area contributed by atoms with E-state index in [1.54, 1.807) is 18.2 Å². The van der Waals surface area contributed by atoms with E-state index in [1.165, 1.54) is 17.6 Å². The van der Waals surface area contributed by atoms with Crippen molar-refractivity contribution >= 4 is 53.8 Å². The zero-order valence-corrected chi connectivity index (χ0v) is 17.2. The van der Waals surface area contributed by atoms with Crippen molar-refractivity contribution in [2.24, 2.45) is 10.2 Å². The number of phenolic OH excluding ortho intramolecular Hbond substituents is 1. The lowest BCUT2D eigenvalue weighted by Crippen LogP contribution is -2.17.